The summed E-state index contributed by atoms with van der Waals surface area (Å²) in [5.41, 5.74) is 1.20. The summed E-state index contributed by atoms with van der Waals surface area (Å²) in [5, 5.41) is 10.4. The van der Waals surface area contributed by atoms with E-state index in [2.05, 4.69) is 36.4 Å². The van der Waals surface area contributed by atoms with Crippen molar-refractivity contribution in [3.8, 4) is 0 Å². The van der Waals surface area contributed by atoms with Gasteiger partial charge in [-0.1, -0.05) is 0 Å². The van der Waals surface area contributed by atoms with Gasteiger partial charge < -0.3 is 0 Å². The summed E-state index contributed by atoms with van der Waals surface area (Å²) in [7, 11) is 0. The molecule has 3 rings (SSSR count). The fourth-order valence-electron chi connectivity index (χ4n) is 3.07. The summed E-state index contributed by atoms with van der Waals surface area (Å²) in [6.07, 6.45) is 2.31. The van der Waals surface area contributed by atoms with E-state index in [4.69, 9.17) is 9.47 Å². The Bertz CT molecular complexity index is 605. The summed E-state index contributed by atoms with van der Waals surface area (Å²) >= 11 is 0.264. The average molecular weight is 405 g/mol. The van der Waals surface area contributed by atoms with Crippen LogP contribution in [0.25, 0.3) is 0 Å². The Morgan fingerprint density at radius 2 is 1.80 bits per heavy atom. The third kappa shape index (κ3) is 5.95. The molecular weight excluding hydrogens is 379 g/mol. The van der Waals surface area contributed by atoms with Crippen molar-refractivity contribution in [2.24, 2.45) is 0 Å². The van der Waals surface area contributed by atoms with E-state index in [0.717, 1.165) is 25.9 Å². The molecule has 0 saturated carbocycles. The summed E-state index contributed by atoms with van der Waals surface area (Å²) in [6.45, 7) is 2.09. The van der Waals surface area contributed by atoms with E-state index >= 15 is 0 Å². The molecule has 3 nitrogen and oxygen atoms in total. The van der Waals surface area contributed by atoms with Gasteiger partial charge in [-0.2, -0.15) is 0 Å². The zero-order chi connectivity index (χ0) is 17.3. The van der Waals surface area contributed by atoms with Crippen molar-refractivity contribution in [2.75, 3.05) is 13.2 Å². The number of hydrogen-bond acceptors (Lipinski definition) is 3. The molecular formula is C21H26O3Se. The standard InChI is InChI=1S/C21H26O3Se/c22-19-12-7-14-24-21(19)20(25-18-10-5-2-6-11-18)13-15-23-16-17-8-3-1-4-9-17/h1-6,8-11,19-22H,7,12-16H2/t19-,20-,21-/m1/s1. The van der Waals surface area contributed by atoms with Gasteiger partial charge in [0.05, 0.1) is 0 Å². The molecule has 4 heteroatoms. The Morgan fingerprint density at radius 1 is 1.08 bits per heavy atom. The van der Waals surface area contributed by atoms with Gasteiger partial charge in [0.2, 0.25) is 0 Å². The van der Waals surface area contributed by atoms with Gasteiger partial charge in [0, 0.05) is 0 Å². The molecule has 134 valence electrons. The van der Waals surface area contributed by atoms with E-state index in [1.54, 1.807) is 0 Å². The summed E-state index contributed by atoms with van der Waals surface area (Å²) < 4.78 is 13.2. The molecule has 0 aromatic heterocycles. The molecule has 2 aromatic rings. The second-order valence-corrected chi connectivity index (χ2v) is 9.10. The predicted octanol–water partition coefficient (Wildman–Crippen LogP) is 2.95. The van der Waals surface area contributed by atoms with Crippen molar-refractivity contribution < 1.29 is 14.6 Å². The van der Waals surface area contributed by atoms with E-state index in [-0.39, 0.29) is 27.2 Å². The zero-order valence-corrected chi connectivity index (χ0v) is 16.1. The summed E-state index contributed by atoms with van der Waals surface area (Å²) in [5.74, 6) is 0. The van der Waals surface area contributed by atoms with Gasteiger partial charge in [0.15, 0.2) is 0 Å². The fraction of sp³-hybridized carbons (Fsp3) is 0.429. The molecule has 1 fully saturated rings. The molecule has 2 aromatic carbocycles. The number of aliphatic hydroxyl groups excluding tert-OH is 1. The quantitative estimate of drug-likeness (QED) is 0.542. The normalized spacial score (nSPS) is 21.8. The minimum atomic E-state index is -0.349. The molecule has 1 aliphatic rings. The number of benzene rings is 2. The van der Waals surface area contributed by atoms with Crippen molar-refractivity contribution in [1.82, 2.24) is 0 Å². The third-order valence-electron chi connectivity index (χ3n) is 4.39. The van der Waals surface area contributed by atoms with E-state index in [0.29, 0.717) is 18.0 Å². The van der Waals surface area contributed by atoms with E-state index in [9.17, 15) is 5.11 Å². The predicted molar refractivity (Wildman–Crippen MR) is 101 cm³/mol. The molecule has 1 heterocycles. The van der Waals surface area contributed by atoms with Crippen molar-refractivity contribution in [3.63, 3.8) is 0 Å². The SMILES string of the molecule is O[C@@H]1CCCO[C@H]1[C@@H](CCOCc1ccccc1)[Se]c1ccccc1. The molecule has 0 spiro atoms. The van der Waals surface area contributed by atoms with Gasteiger partial charge in [-0.25, -0.2) is 0 Å². The molecule has 25 heavy (non-hydrogen) atoms. The van der Waals surface area contributed by atoms with Crippen molar-refractivity contribution in [2.45, 2.75) is 42.9 Å². The van der Waals surface area contributed by atoms with Gasteiger partial charge in [0.25, 0.3) is 0 Å². The summed E-state index contributed by atoms with van der Waals surface area (Å²) in [4.78, 5) is 0.334. The Labute approximate surface area is 156 Å². The Balaban J connectivity index is 1.55. The van der Waals surface area contributed by atoms with Gasteiger partial charge >= 0.3 is 156 Å². The fourth-order valence-corrected chi connectivity index (χ4v) is 5.74. The van der Waals surface area contributed by atoms with Crippen molar-refractivity contribution >= 4 is 19.4 Å². The summed E-state index contributed by atoms with van der Waals surface area (Å²) in [6, 6.07) is 20.8. The maximum atomic E-state index is 10.4. The molecule has 1 saturated heterocycles. The Kier molecular flexibility index (Phi) is 7.53. The van der Waals surface area contributed by atoms with Crippen LogP contribution in [0.2, 0.25) is 4.82 Å². The van der Waals surface area contributed by atoms with Crippen LogP contribution in [0.5, 0.6) is 0 Å². The van der Waals surface area contributed by atoms with Gasteiger partial charge in [-0.3, -0.25) is 0 Å². The van der Waals surface area contributed by atoms with Crippen LogP contribution >= 0.6 is 0 Å². The Morgan fingerprint density at radius 3 is 2.52 bits per heavy atom. The Hall–Kier alpha value is -1.16. The molecule has 0 bridgehead atoms. The number of aliphatic hydroxyl groups is 1. The van der Waals surface area contributed by atoms with E-state index in [1.807, 2.05) is 24.3 Å². The van der Waals surface area contributed by atoms with Crippen LogP contribution in [0, 0.1) is 0 Å². The van der Waals surface area contributed by atoms with Crippen LogP contribution in [-0.2, 0) is 16.1 Å². The number of hydrogen-bond donors (Lipinski definition) is 1. The molecule has 0 amide bonds. The first-order valence-electron chi connectivity index (χ1n) is 8.96. The molecule has 1 aliphatic heterocycles. The molecule has 3 atom stereocenters. The molecule has 1 N–H and O–H groups in total. The van der Waals surface area contributed by atoms with Crippen LogP contribution in [0.15, 0.2) is 60.7 Å². The average Bonchev–Trinajstić information content (AvgIpc) is 2.66. The number of rotatable bonds is 8. The monoisotopic (exact) mass is 406 g/mol. The second-order valence-electron chi connectivity index (χ2n) is 6.34. The zero-order valence-electron chi connectivity index (χ0n) is 14.4. The molecule has 0 aliphatic carbocycles. The van der Waals surface area contributed by atoms with Crippen LogP contribution in [0.1, 0.15) is 24.8 Å². The first-order chi connectivity index (χ1) is 12.3. The van der Waals surface area contributed by atoms with E-state index in [1.165, 1.54) is 10.0 Å². The van der Waals surface area contributed by atoms with Crippen LogP contribution < -0.4 is 4.46 Å². The molecule has 0 radical (unpaired) electrons. The molecule has 0 unspecified atom stereocenters. The van der Waals surface area contributed by atoms with Gasteiger partial charge in [-0.05, 0) is 0 Å². The van der Waals surface area contributed by atoms with Crippen LogP contribution in [0.3, 0.4) is 0 Å². The number of ether oxygens (including phenoxy) is 2. The van der Waals surface area contributed by atoms with Gasteiger partial charge in [0.1, 0.15) is 0 Å². The first-order valence-corrected chi connectivity index (χ1v) is 10.8. The van der Waals surface area contributed by atoms with Crippen molar-refractivity contribution in [1.29, 1.82) is 0 Å². The first kappa shape index (κ1) is 18.6. The van der Waals surface area contributed by atoms with Crippen LogP contribution in [-0.4, -0.2) is 45.5 Å². The van der Waals surface area contributed by atoms with Gasteiger partial charge in [-0.15, -0.1) is 0 Å². The van der Waals surface area contributed by atoms with Crippen LogP contribution in [0.4, 0.5) is 0 Å². The van der Waals surface area contributed by atoms with E-state index < -0.39 is 0 Å². The maximum absolute atomic E-state index is 10.4. The minimum absolute atomic E-state index is 0.0609. The third-order valence-corrected chi connectivity index (χ3v) is 7.22. The topological polar surface area (TPSA) is 38.7 Å². The second kappa shape index (κ2) is 10.1. The van der Waals surface area contributed by atoms with Crippen molar-refractivity contribution in [3.05, 3.63) is 66.2 Å².